The molecule has 1 atom stereocenters. The van der Waals surface area contributed by atoms with E-state index in [0.717, 1.165) is 58.4 Å². The second-order valence-corrected chi connectivity index (χ2v) is 8.51. The average molecular weight is 411 g/mol. The van der Waals surface area contributed by atoms with E-state index < -0.39 is 0 Å². The van der Waals surface area contributed by atoms with Crippen LogP contribution in [0.3, 0.4) is 0 Å². The molecule has 0 aliphatic carbocycles. The van der Waals surface area contributed by atoms with Crippen molar-refractivity contribution in [3.05, 3.63) is 65.7 Å². The van der Waals surface area contributed by atoms with Crippen molar-refractivity contribution < 1.29 is 9.18 Å². The van der Waals surface area contributed by atoms with Crippen molar-refractivity contribution in [2.75, 3.05) is 26.2 Å². The molecule has 0 saturated carbocycles. The molecule has 3 heterocycles. The van der Waals surface area contributed by atoms with Crippen LogP contribution in [0, 0.1) is 11.7 Å². The highest BCUT2D eigenvalue weighted by Crippen LogP contribution is 2.25. The number of piperidine rings is 2. The van der Waals surface area contributed by atoms with Gasteiger partial charge in [-0.3, -0.25) is 19.6 Å². The van der Waals surface area contributed by atoms with E-state index in [4.69, 9.17) is 0 Å². The van der Waals surface area contributed by atoms with Crippen molar-refractivity contribution in [1.29, 1.82) is 0 Å². The maximum Gasteiger partial charge on any atom is 0.224 e. The molecule has 5 nitrogen and oxygen atoms in total. The van der Waals surface area contributed by atoms with Crippen LogP contribution in [0.4, 0.5) is 4.39 Å². The van der Waals surface area contributed by atoms with Crippen LogP contribution in [-0.4, -0.2) is 52.9 Å². The summed E-state index contributed by atoms with van der Waals surface area (Å²) in [5.41, 5.74) is 1.81. The first-order chi connectivity index (χ1) is 14.7. The fraction of sp³-hybridized carbons (Fsp3) is 0.500. The molecule has 1 aromatic heterocycles. The molecule has 6 heteroatoms. The van der Waals surface area contributed by atoms with Crippen molar-refractivity contribution in [1.82, 2.24) is 20.1 Å². The molecule has 2 aliphatic rings. The first-order valence-corrected chi connectivity index (χ1v) is 11.1. The van der Waals surface area contributed by atoms with Gasteiger partial charge in [0.25, 0.3) is 0 Å². The molecule has 2 aromatic rings. The zero-order valence-corrected chi connectivity index (χ0v) is 17.5. The highest BCUT2D eigenvalue weighted by atomic mass is 19.1. The number of likely N-dealkylation sites (tertiary alicyclic amines) is 2. The molecule has 30 heavy (non-hydrogen) atoms. The summed E-state index contributed by atoms with van der Waals surface area (Å²) in [6.07, 6.45) is 8.01. The SMILES string of the molecule is O=C(NCc1ccccc1F)C1CCCN(C2CCN(Cc3cccnc3)CC2)C1. The Bertz CT molecular complexity index is 823. The van der Waals surface area contributed by atoms with Gasteiger partial charge in [0.15, 0.2) is 0 Å². The number of carbonyl (C=O) groups is 1. The van der Waals surface area contributed by atoms with E-state index in [2.05, 4.69) is 26.2 Å². The summed E-state index contributed by atoms with van der Waals surface area (Å²) in [6.45, 7) is 5.28. The van der Waals surface area contributed by atoms with Gasteiger partial charge in [0.05, 0.1) is 5.92 Å². The number of nitrogens with zero attached hydrogens (tertiary/aromatic N) is 3. The van der Waals surface area contributed by atoms with Crippen molar-refractivity contribution in [2.45, 2.75) is 44.8 Å². The topological polar surface area (TPSA) is 48.5 Å². The van der Waals surface area contributed by atoms with E-state index in [1.54, 1.807) is 18.2 Å². The first-order valence-electron chi connectivity index (χ1n) is 11.1. The molecule has 2 fully saturated rings. The lowest BCUT2D eigenvalue weighted by Crippen LogP contribution is -2.50. The first kappa shape index (κ1) is 20.9. The van der Waals surface area contributed by atoms with Gasteiger partial charge < -0.3 is 5.32 Å². The molecule has 4 rings (SSSR count). The summed E-state index contributed by atoms with van der Waals surface area (Å²) in [7, 11) is 0. The zero-order chi connectivity index (χ0) is 20.8. The molecule has 1 aromatic carbocycles. The molecular formula is C24H31FN4O. The molecule has 1 amide bonds. The van der Waals surface area contributed by atoms with E-state index in [9.17, 15) is 9.18 Å². The van der Waals surface area contributed by atoms with Gasteiger partial charge in [-0.05, 0) is 63.0 Å². The minimum Gasteiger partial charge on any atom is -0.352 e. The van der Waals surface area contributed by atoms with Crippen molar-refractivity contribution >= 4 is 5.91 Å². The van der Waals surface area contributed by atoms with Gasteiger partial charge in [-0.2, -0.15) is 0 Å². The lowest BCUT2D eigenvalue weighted by molar-refractivity contribution is -0.127. The average Bonchev–Trinajstić information content (AvgIpc) is 2.80. The molecule has 160 valence electrons. The van der Waals surface area contributed by atoms with Crippen LogP contribution in [0.15, 0.2) is 48.8 Å². The second kappa shape index (κ2) is 10.1. The molecule has 2 aliphatic heterocycles. The Morgan fingerprint density at radius 2 is 1.93 bits per heavy atom. The number of hydrogen-bond acceptors (Lipinski definition) is 4. The number of amides is 1. The van der Waals surface area contributed by atoms with E-state index >= 15 is 0 Å². The minimum atomic E-state index is -0.263. The van der Waals surface area contributed by atoms with Crippen molar-refractivity contribution in [3.63, 3.8) is 0 Å². The third kappa shape index (κ3) is 5.43. The van der Waals surface area contributed by atoms with Crippen LogP contribution in [0.1, 0.15) is 36.8 Å². The number of pyridine rings is 1. The fourth-order valence-corrected chi connectivity index (χ4v) is 4.71. The van der Waals surface area contributed by atoms with Gasteiger partial charge >= 0.3 is 0 Å². The normalized spacial score (nSPS) is 21.4. The Morgan fingerprint density at radius 1 is 1.10 bits per heavy atom. The summed E-state index contributed by atoms with van der Waals surface area (Å²) in [6, 6.07) is 11.3. The number of aromatic nitrogens is 1. The molecule has 0 spiro atoms. The van der Waals surface area contributed by atoms with Crippen LogP contribution < -0.4 is 5.32 Å². The Balaban J connectivity index is 1.24. The van der Waals surface area contributed by atoms with Crippen LogP contribution in [0.2, 0.25) is 0 Å². The molecule has 0 bridgehead atoms. The summed E-state index contributed by atoms with van der Waals surface area (Å²) in [4.78, 5) is 21.9. The van der Waals surface area contributed by atoms with Crippen LogP contribution >= 0.6 is 0 Å². The molecular weight excluding hydrogens is 379 g/mol. The van der Waals surface area contributed by atoms with E-state index in [-0.39, 0.29) is 24.2 Å². The summed E-state index contributed by atoms with van der Waals surface area (Å²) >= 11 is 0. The Labute approximate surface area is 178 Å². The molecule has 1 unspecified atom stereocenters. The lowest BCUT2D eigenvalue weighted by Gasteiger charge is -2.42. The van der Waals surface area contributed by atoms with Crippen LogP contribution in [-0.2, 0) is 17.9 Å². The fourth-order valence-electron chi connectivity index (χ4n) is 4.71. The van der Waals surface area contributed by atoms with E-state index in [1.165, 1.54) is 11.6 Å². The van der Waals surface area contributed by atoms with Gasteiger partial charge in [0.1, 0.15) is 5.82 Å². The number of hydrogen-bond donors (Lipinski definition) is 1. The number of benzene rings is 1. The predicted molar refractivity (Wildman–Crippen MR) is 115 cm³/mol. The maximum atomic E-state index is 13.8. The van der Waals surface area contributed by atoms with Crippen LogP contribution in [0.25, 0.3) is 0 Å². The van der Waals surface area contributed by atoms with Gasteiger partial charge in [-0.15, -0.1) is 0 Å². The van der Waals surface area contributed by atoms with Crippen molar-refractivity contribution in [3.8, 4) is 0 Å². The second-order valence-electron chi connectivity index (χ2n) is 8.51. The van der Waals surface area contributed by atoms with Crippen molar-refractivity contribution in [2.24, 2.45) is 5.92 Å². The predicted octanol–water partition coefficient (Wildman–Crippen LogP) is 3.21. The standard InChI is InChI=1S/C24H31FN4O/c25-23-8-2-1-6-20(23)16-27-24(30)21-7-4-12-29(18-21)22-9-13-28(14-10-22)17-19-5-3-11-26-15-19/h1-3,5-6,8,11,15,21-22H,4,7,9-10,12-14,16-18H2,(H,27,30). The summed E-state index contributed by atoms with van der Waals surface area (Å²) in [5, 5.41) is 2.95. The third-order valence-electron chi connectivity index (χ3n) is 6.44. The monoisotopic (exact) mass is 410 g/mol. The Kier molecular flexibility index (Phi) is 7.07. The number of carbonyl (C=O) groups excluding carboxylic acids is 1. The van der Waals surface area contributed by atoms with E-state index in [1.807, 2.05) is 18.5 Å². The van der Waals surface area contributed by atoms with E-state index in [0.29, 0.717) is 11.6 Å². The number of rotatable bonds is 6. The van der Waals surface area contributed by atoms with Gasteiger partial charge in [0.2, 0.25) is 5.91 Å². The highest BCUT2D eigenvalue weighted by molar-refractivity contribution is 5.79. The molecule has 0 radical (unpaired) electrons. The maximum absolute atomic E-state index is 13.8. The quantitative estimate of drug-likeness (QED) is 0.795. The highest BCUT2D eigenvalue weighted by Gasteiger charge is 2.31. The Morgan fingerprint density at radius 3 is 2.70 bits per heavy atom. The van der Waals surface area contributed by atoms with Gasteiger partial charge in [0, 0.05) is 43.6 Å². The summed E-state index contributed by atoms with van der Waals surface area (Å²) in [5.74, 6) is -0.211. The minimum absolute atomic E-state index is 0.000976. The third-order valence-corrected chi connectivity index (χ3v) is 6.44. The largest absolute Gasteiger partial charge is 0.352 e. The Hall–Kier alpha value is -2.31. The number of halogens is 1. The van der Waals surface area contributed by atoms with Gasteiger partial charge in [-0.25, -0.2) is 4.39 Å². The summed E-state index contributed by atoms with van der Waals surface area (Å²) < 4.78 is 13.8. The lowest BCUT2D eigenvalue weighted by atomic mass is 9.93. The van der Waals surface area contributed by atoms with Gasteiger partial charge in [-0.1, -0.05) is 24.3 Å². The smallest absolute Gasteiger partial charge is 0.224 e. The molecule has 2 saturated heterocycles. The zero-order valence-electron chi connectivity index (χ0n) is 17.5. The molecule has 1 N–H and O–H groups in total. The van der Waals surface area contributed by atoms with Crippen LogP contribution in [0.5, 0.6) is 0 Å². The number of nitrogens with one attached hydrogen (secondary N) is 1.